The molecule has 0 N–H and O–H groups in total. The van der Waals surface area contributed by atoms with Gasteiger partial charge in [-0.15, -0.1) is 0 Å². The Labute approximate surface area is 116 Å². The first-order valence-corrected chi connectivity index (χ1v) is 6.96. The number of Topliss-reactive ketones (excluding diaryl/α,β-unsaturated/α-hetero) is 1. The van der Waals surface area contributed by atoms with Crippen LogP contribution in [0.25, 0.3) is 0 Å². The molecule has 0 fully saturated rings. The van der Waals surface area contributed by atoms with Crippen LogP contribution in [0.5, 0.6) is 0 Å². The van der Waals surface area contributed by atoms with Gasteiger partial charge in [0.25, 0.3) is 0 Å². The lowest BCUT2D eigenvalue weighted by atomic mass is 10.1. The smallest absolute Gasteiger partial charge is 0.165 e. The summed E-state index contributed by atoms with van der Waals surface area (Å²) in [7, 11) is 0. The zero-order chi connectivity index (χ0) is 12.8. The summed E-state index contributed by atoms with van der Waals surface area (Å²) in [5.41, 5.74) is 0.613. The number of carbonyl (C=O) groups excluding carboxylic acids is 1. The van der Waals surface area contributed by atoms with Crippen molar-refractivity contribution >= 4 is 33.3 Å². The number of rotatable bonds is 6. The Morgan fingerprint density at radius 1 is 1.35 bits per heavy atom. The van der Waals surface area contributed by atoms with Crippen LogP contribution in [-0.2, 0) is 0 Å². The van der Waals surface area contributed by atoms with Gasteiger partial charge in [0.15, 0.2) is 5.78 Å². The third-order valence-electron chi connectivity index (χ3n) is 2.78. The maximum atomic E-state index is 12.0. The second kappa shape index (κ2) is 7.14. The van der Waals surface area contributed by atoms with Gasteiger partial charge in [0.1, 0.15) is 0 Å². The van der Waals surface area contributed by atoms with Gasteiger partial charge >= 0.3 is 0 Å². The molecule has 17 heavy (non-hydrogen) atoms. The molecule has 0 aromatic heterocycles. The lowest BCUT2D eigenvalue weighted by Gasteiger charge is -2.17. The van der Waals surface area contributed by atoms with Gasteiger partial charge in [-0.25, -0.2) is 0 Å². The van der Waals surface area contributed by atoms with Crippen molar-refractivity contribution in [1.29, 1.82) is 0 Å². The fraction of sp³-hybridized carbons (Fsp3) is 0.462. The zero-order valence-electron chi connectivity index (χ0n) is 10.2. The zero-order valence-corrected chi connectivity index (χ0v) is 12.5. The predicted octanol–water partition coefficient (Wildman–Crippen LogP) is 4.02. The fourth-order valence-electron chi connectivity index (χ4n) is 1.65. The highest BCUT2D eigenvalue weighted by atomic mass is 79.9. The van der Waals surface area contributed by atoms with Crippen molar-refractivity contribution in [2.24, 2.45) is 0 Å². The molecule has 0 aliphatic carbocycles. The third-order valence-corrected chi connectivity index (χ3v) is 3.59. The maximum Gasteiger partial charge on any atom is 0.165 e. The average molecular weight is 319 g/mol. The molecule has 94 valence electrons. The maximum absolute atomic E-state index is 12.0. The third kappa shape index (κ3) is 4.41. The second-order valence-corrected chi connectivity index (χ2v) is 5.15. The number of ketones is 1. The Balaban J connectivity index is 2.64. The van der Waals surface area contributed by atoms with Crippen LogP contribution in [0.2, 0.25) is 5.02 Å². The van der Waals surface area contributed by atoms with Crippen molar-refractivity contribution in [3.63, 3.8) is 0 Å². The summed E-state index contributed by atoms with van der Waals surface area (Å²) >= 11 is 9.37. The van der Waals surface area contributed by atoms with Crippen LogP contribution in [0.15, 0.2) is 22.7 Å². The number of benzene rings is 1. The van der Waals surface area contributed by atoms with Gasteiger partial charge in [0.05, 0.1) is 5.02 Å². The van der Waals surface area contributed by atoms with Crippen molar-refractivity contribution in [3.8, 4) is 0 Å². The molecule has 0 atom stereocenters. The van der Waals surface area contributed by atoms with Gasteiger partial charge in [-0.1, -0.05) is 41.4 Å². The number of nitrogens with zero attached hydrogens (tertiary/aromatic N) is 1. The normalized spacial score (nSPS) is 10.9. The molecule has 2 nitrogen and oxygen atoms in total. The fourth-order valence-corrected chi connectivity index (χ4v) is 2.43. The van der Waals surface area contributed by atoms with Gasteiger partial charge in [-0.05, 0) is 31.3 Å². The molecule has 0 unspecified atom stereocenters. The SMILES string of the molecule is CCN(CC)CCC(=O)c1ccc(Br)cc1Cl. The lowest BCUT2D eigenvalue weighted by molar-refractivity contribution is 0.0966. The molecule has 0 spiro atoms. The first kappa shape index (κ1) is 14.7. The van der Waals surface area contributed by atoms with Crippen LogP contribution in [-0.4, -0.2) is 30.3 Å². The van der Waals surface area contributed by atoms with Crippen LogP contribution < -0.4 is 0 Å². The summed E-state index contributed by atoms with van der Waals surface area (Å²) < 4.78 is 0.891. The van der Waals surface area contributed by atoms with Gasteiger partial charge in [0.2, 0.25) is 0 Å². The molecular formula is C13H17BrClNO. The molecule has 1 aromatic rings. The molecule has 0 heterocycles. The Morgan fingerprint density at radius 3 is 2.53 bits per heavy atom. The predicted molar refractivity (Wildman–Crippen MR) is 75.9 cm³/mol. The monoisotopic (exact) mass is 317 g/mol. The molecular weight excluding hydrogens is 302 g/mol. The first-order valence-electron chi connectivity index (χ1n) is 5.79. The van der Waals surface area contributed by atoms with Crippen molar-refractivity contribution in [1.82, 2.24) is 4.90 Å². The Kier molecular flexibility index (Phi) is 6.17. The molecule has 0 bridgehead atoms. The summed E-state index contributed by atoms with van der Waals surface area (Å²) in [6, 6.07) is 5.37. The van der Waals surface area contributed by atoms with Crippen molar-refractivity contribution in [3.05, 3.63) is 33.3 Å². The van der Waals surface area contributed by atoms with Crippen LogP contribution in [0, 0.1) is 0 Å². The van der Waals surface area contributed by atoms with E-state index in [4.69, 9.17) is 11.6 Å². The van der Waals surface area contributed by atoms with Gasteiger partial charge in [-0.2, -0.15) is 0 Å². The molecule has 1 rings (SSSR count). The Morgan fingerprint density at radius 2 is 2.00 bits per heavy atom. The summed E-state index contributed by atoms with van der Waals surface area (Å²) in [4.78, 5) is 14.2. The summed E-state index contributed by atoms with van der Waals surface area (Å²) in [6.07, 6.45) is 0.517. The van der Waals surface area contributed by atoms with Crippen molar-refractivity contribution in [2.75, 3.05) is 19.6 Å². The van der Waals surface area contributed by atoms with Crippen molar-refractivity contribution < 1.29 is 4.79 Å². The van der Waals surface area contributed by atoms with E-state index in [0.717, 1.165) is 24.1 Å². The Bertz CT molecular complexity index is 391. The summed E-state index contributed by atoms with van der Waals surface area (Å²) in [5.74, 6) is 0.106. The van der Waals surface area contributed by atoms with Crippen molar-refractivity contribution in [2.45, 2.75) is 20.3 Å². The number of carbonyl (C=O) groups is 1. The summed E-state index contributed by atoms with van der Waals surface area (Å²) in [5, 5.41) is 0.518. The summed E-state index contributed by atoms with van der Waals surface area (Å²) in [6.45, 7) is 6.93. The van der Waals surface area contributed by atoms with Crippen LogP contribution in [0.4, 0.5) is 0 Å². The van der Waals surface area contributed by atoms with Gasteiger partial charge < -0.3 is 4.90 Å². The highest BCUT2D eigenvalue weighted by molar-refractivity contribution is 9.10. The molecule has 0 saturated heterocycles. The highest BCUT2D eigenvalue weighted by Gasteiger charge is 2.11. The second-order valence-electron chi connectivity index (χ2n) is 3.82. The van der Waals surface area contributed by atoms with E-state index in [1.165, 1.54) is 0 Å². The number of hydrogen-bond donors (Lipinski definition) is 0. The average Bonchev–Trinajstić information content (AvgIpc) is 2.30. The van der Waals surface area contributed by atoms with E-state index in [2.05, 4.69) is 34.7 Å². The standard InChI is InChI=1S/C13H17BrClNO/c1-3-16(4-2)8-7-13(17)11-6-5-10(14)9-12(11)15/h5-6,9H,3-4,7-8H2,1-2H3. The van der Waals surface area contributed by atoms with E-state index in [9.17, 15) is 4.79 Å². The topological polar surface area (TPSA) is 20.3 Å². The largest absolute Gasteiger partial charge is 0.303 e. The molecule has 4 heteroatoms. The minimum absolute atomic E-state index is 0.106. The molecule has 0 aliphatic heterocycles. The molecule has 1 aromatic carbocycles. The quantitative estimate of drug-likeness (QED) is 0.738. The minimum Gasteiger partial charge on any atom is -0.303 e. The Hall–Kier alpha value is -0.380. The molecule has 0 radical (unpaired) electrons. The molecule has 0 saturated carbocycles. The lowest BCUT2D eigenvalue weighted by Crippen LogP contribution is -2.25. The van der Waals surface area contributed by atoms with E-state index in [-0.39, 0.29) is 5.78 Å². The molecule has 0 aliphatic rings. The van der Waals surface area contributed by atoms with E-state index in [1.807, 2.05) is 6.07 Å². The van der Waals surface area contributed by atoms with Crippen LogP contribution in [0.3, 0.4) is 0 Å². The number of halogens is 2. The van der Waals surface area contributed by atoms with E-state index in [0.29, 0.717) is 17.0 Å². The first-order chi connectivity index (χ1) is 8.08. The van der Waals surface area contributed by atoms with Gasteiger partial charge in [-0.3, -0.25) is 4.79 Å². The van der Waals surface area contributed by atoms with E-state index >= 15 is 0 Å². The van der Waals surface area contributed by atoms with Crippen LogP contribution >= 0.6 is 27.5 Å². The van der Waals surface area contributed by atoms with E-state index < -0.39 is 0 Å². The van der Waals surface area contributed by atoms with Gasteiger partial charge in [0, 0.05) is 23.0 Å². The minimum atomic E-state index is 0.106. The number of hydrogen-bond acceptors (Lipinski definition) is 2. The molecule has 0 amide bonds. The van der Waals surface area contributed by atoms with E-state index in [1.54, 1.807) is 12.1 Å². The van der Waals surface area contributed by atoms with Crippen LogP contribution in [0.1, 0.15) is 30.6 Å². The highest BCUT2D eigenvalue weighted by Crippen LogP contribution is 2.22.